The molecule has 0 N–H and O–H groups in total. The summed E-state index contributed by atoms with van der Waals surface area (Å²) in [4.78, 5) is 0. The van der Waals surface area contributed by atoms with Crippen LogP contribution in [0.4, 0.5) is 0 Å². The summed E-state index contributed by atoms with van der Waals surface area (Å²) in [6.45, 7) is 4.56. The fourth-order valence-corrected chi connectivity index (χ4v) is 9.03. The predicted octanol–water partition coefficient (Wildman–Crippen LogP) is 10.7. The highest BCUT2D eigenvalue weighted by atomic mass is 32.1. The van der Waals surface area contributed by atoms with Gasteiger partial charge in [-0.15, -0.1) is 34.0 Å². The van der Waals surface area contributed by atoms with Gasteiger partial charge in [-0.1, -0.05) is 76.6 Å². The molecule has 5 aromatic rings. The summed E-state index contributed by atoms with van der Waals surface area (Å²) in [7, 11) is 0. The lowest BCUT2D eigenvalue weighted by Crippen LogP contribution is -1.85. The smallest absolute Gasteiger partial charge is 0.0642 e. The normalized spacial score (nSPS) is 12.2. The second-order valence-corrected chi connectivity index (χ2v) is 12.0. The van der Waals surface area contributed by atoms with Crippen molar-refractivity contribution in [3.05, 3.63) is 47.5 Å². The first kappa shape index (κ1) is 21.4. The van der Waals surface area contributed by atoms with Crippen LogP contribution >= 0.6 is 34.0 Å². The van der Waals surface area contributed by atoms with Gasteiger partial charge in [0.2, 0.25) is 0 Å². The van der Waals surface area contributed by atoms with Gasteiger partial charge in [0.25, 0.3) is 0 Å². The van der Waals surface area contributed by atoms with Crippen molar-refractivity contribution in [2.24, 2.45) is 0 Å². The zero-order valence-corrected chi connectivity index (χ0v) is 21.2. The van der Waals surface area contributed by atoms with Gasteiger partial charge in [0.05, 0.1) is 18.8 Å². The number of unbranched alkanes of at least 4 members (excludes halogenated alkanes) is 6. The Bertz CT molecular complexity index is 1310. The Morgan fingerprint density at radius 1 is 0.516 bits per heavy atom. The Hall–Kier alpha value is -1.42. The highest BCUT2D eigenvalue weighted by Crippen LogP contribution is 2.50. The Labute approximate surface area is 197 Å². The number of benzene rings is 2. The molecule has 0 radical (unpaired) electrons. The van der Waals surface area contributed by atoms with Crippen LogP contribution in [-0.2, 0) is 12.8 Å². The van der Waals surface area contributed by atoms with Gasteiger partial charge >= 0.3 is 0 Å². The molecule has 0 aliphatic carbocycles. The molecule has 31 heavy (non-hydrogen) atoms. The van der Waals surface area contributed by atoms with E-state index in [1.54, 1.807) is 0 Å². The van der Waals surface area contributed by atoms with Gasteiger partial charge in [0, 0.05) is 20.2 Å². The molecule has 0 aliphatic heterocycles. The maximum absolute atomic E-state index is 2.47. The molecule has 162 valence electrons. The van der Waals surface area contributed by atoms with E-state index >= 15 is 0 Å². The Morgan fingerprint density at radius 2 is 1.03 bits per heavy atom. The van der Waals surface area contributed by atoms with E-state index in [9.17, 15) is 0 Å². The van der Waals surface area contributed by atoms with Crippen molar-refractivity contribution in [2.45, 2.75) is 78.1 Å². The molecule has 0 unspecified atom stereocenters. The molecule has 0 saturated heterocycles. The van der Waals surface area contributed by atoms with Gasteiger partial charge in [-0.25, -0.2) is 0 Å². The monoisotopic (exact) mass is 464 g/mol. The largest absolute Gasteiger partial charge is 0.133 e. The molecule has 0 atom stereocenters. The molecule has 0 amide bonds. The van der Waals surface area contributed by atoms with E-state index < -0.39 is 0 Å². The van der Waals surface area contributed by atoms with Crippen LogP contribution in [0.15, 0.2) is 36.4 Å². The van der Waals surface area contributed by atoms with Gasteiger partial charge in [-0.3, -0.25) is 0 Å². The maximum atomic E-state index is 2.47. The first-order valence-electron chi connectivity index (χ1n) is 12.1. The van der Waals surface area contributed by atoms with Crippen molar-refractivity contribution in [3.8, 4) is 0 Å². The molecule has 0 fully saturated rings. The van der Waals surface area contributed by atoms with Crippen LogP contribution in [-0.4, -0.2) is 0 Å². The zero-order valence-electron chi connectivity index (χ0n) is 18.8. The zero-order chi connectivity index (χ0) is 21.2. The lowest BCUT2D eigenvalue weighted by molar-refractivity contribution is 0.607. The first-order chi connectivity index (χ1) is 15.3. The Balaban J connectivity index is 1.42. The molecule has 0 nitrogen and oxygen atoms in total. The average Bonchev–Trinajstić information content (AvgIpc) is 3.42. The van der Waals surface area contributed by atoms with E-state index in [4.69, 9.17) is 0 Å². The quantitative estimate of drug-likeness (QED) is 0.180. The van der Waals surface area contributed by atoms with Crippen LogP contribution < -0.4 is 0 Å². The minimum atomic E-state index is 1.21. The standard InChI is InChI=1S/C28H32S3/c1-3-5-7-8-9-10-12-20-14-16-22-24(18-20)30-28-26(22)31-25-21-15-13-19(11-6-4-2)17-23(21)29-27(25)28/h13-18H,3-12H2,1-2H3. The van der Waals surface area contributed by atoms with E-state index in [2.05, 4.69) is 50.2 Å². The number of hydrogen-bond acceptors (Lipinski definition) is 3. The highest BCUT2D eigenvalue weighted by molar-refractivity contribution is 7.43. The number of aryl methyl sites for hydroxylation is 2. The van der Waals surface area contributed by atoms with E-state index in [-0.39, 0.29) is 0 Å². The third kappa shape index (κ3) is 4.29. The Morgan fingerprint density at radius 3 is 1.61 bits per heavy atom. The van der Waals surface area contributed by atoms with Crippen LogP contribution in [0.2, 0.25) is 0 Å². The molecule has 0 saturated carbocycles. The van der Waals surface area contributed by atoms with Crippen molar-refractivity contribution in [2.75, 3.05) is 0 Å². The van der Waals surface area contributed by atoms with E-state index in [0.717, 1.165) is 0 Å². The summed E-state index contributed by atoms with van der Waals surface area (Å²) in [5.74, 6) is 0. The topological polar surface area (TPSA) is 0 Å². The maximum Gasteiger partial charge on any atom is 0.0642 e. The lowest BCUT2D eigenvalue weighted by Gasteiger charge is -2.02. The van der Waals surface area contributed by atoms with E-state index in [1.807, 2.05) is 34.0 Å². The van der Waals surface area contributed by atoms with Gasteiger partial charge < -0.3 is 0 Å². The summed E-state index contributed by atoms with van der Waals surface area (Å²) in [5.41, 5.74) is 3.01. The Kier molecular flexibility index (Phi) is 6.64. The molecule has 0 aliphatic rings. The number of hydrogen-bond donors (Lipinski definition) is 0. The number of rotatable bonds is 10. The minimum Gasteiger partial charge on any atom is -0.133 e. The van der Waals surface area contributed by atoms with Gasteiger partial charge in [-0.2, -0.15) is 0 Å². The van der Waals surface area contributed by atoms with Gasteiger partial charge in [0.1, 0.15) is 0 Å². The van der Waals surface area contributed by atoms with Crippen LogP contribution in [0.3, 0.4) is 0 Å². The van der Waals surface area contributed by atoms with E-state index in [0.29, 0.717) is 0 Å². The number of thiophene rings is 3. The molecular weight excluding hydrogens is 433 g/mol. The van der Waals surface area contributed by atoms with Crippen LogP contribution in [0.1, 0.15) is 76.3 Å². The van der Waals surface area contributed by atoms with Crippen molar-refractivity contribution in [3.63, 3.8) is 0 Å². The van der Waals surface area contributed by atoms with Crippen molar-refractivity contribution < 1.29 is 0 Å². The number of fused-ring (bicyclic) bond motifs is 7. The van der Waals surface area contributed by atoms with Crippen molar-refractivity contribution >= 4 is 73.0 Å². The summed E-state index contributed by atoms with van der Waals surface area (Å²) >= 11 is 6.04. The second-order valence-electron chi connectivity index (χ2n) is 8.91. The molecule has 3 aromatic heterocycles. The molecular formula is C28H32S3. The average molecular weight is 465 g/mol. The van der Waals surface area contributed by atoms with Crippen LogP contribution in [0.5, 0.6) is 0 Å². The highest BCUT2D eigenvalue weighted by Gasteiger charge is 2.17. The fourth-order valence-electron chi connectivity index (χ4n) is 4.64. The predicted molar refractivity (Wildman–Crippen MR) is 146 cm³/mol. The first-order valence-corrected chi connectivity index (χ1v) is 14.5. The van der Waals surface area contributed by atoms with E-state index in [1.165, 1.54) is 114 Å². The molecule has 3 heterocycles. The van der Waals surface area contributed by atoms with Crippen molar-refractivity contribution in [1.82, 2.24) is 0 Å². The molecule has 0 bridgehead atoms. The van der Waals surface area contributed by atoms with Crippen LogP contribution in [0, 0.1) is 0 Å². The van der Waals surface area contributed by atoms with Crippen LogP contribution in [0.25, 0.3) is 39.0 Å². The SMILES string of the molecule is CCCCCCCCc1ccc2c(c1)sc1c2sc2c3ccc(CCCC)cc3sc21. The second kappa shape index (κ2) is 9.60. The lowest BCUT2D eigenvalue weighted by atomic mass is 10.0. The molecule has 2 aromatic carbocycles. The summed E-state index contributed by atoms with van der Waals surface area (Å²) < 4.78 is 8.99. The van der Waals surface area contributed by atoms with Gasteiger partial charge in [0.15, 0.2) is 0 Å². The fraction of sp³-hybridized carbons (Fsp3) is 0.429. The third-order valence-corrected chi connectivity index (χ3v) is 10.5. The molecule has 5 rings (SSSR count). The summed E-state index contributed by atoms with van der Waals surface area (Å²) in [6.07, 6.45) is 13.2. The third-order valence-electron chi connectivity index (χ3n) is 6.47. The summed E-state index contributed by atoms with van der Waals surface area (Å²) in [5, 5.41) is 2.93. The van der Waals surface area contributed by atoms with Crippen molar-refractivity contribution in [1.29, 1.82) is 0 Å². The summed E-state index contributed by atoms with van der Waals surface area (Å²) in [6, 6.07) is 14.4. The van der Waals surface area contributed by atoms with Gasteiger partial charge in [-0.05, 0) is 48.9 Å². The minimum absolute atomic E-state index is 1.21. The molecule has 3 heteroatoms. The molecule has 0 spiro atoms.